The quantitative estimate of drug-likeness (QED) is 0.801. The zero-order valence-corrected chi connectivity index (χ0v) is 12.7. The molecule has 4 heteroatoms. The van der Waals surface area contributed by atoms with Gasteiger partial charge in [0, 0.05) is 24.3 Å². The Kier molecular flexibility index (Phi) is 4.46. The molecule has 22 heavy (non-hydrogen) atoms. The largest absolute Gasteiger partial charge is 0.550 e. The summed E-state index contributed by atoms with van der Waals surface area (Å²) < 4.78 is 0. The first-order valence-electron chi connectivity index (χ1n) is 8.19. The molecule has 4 atom stereocenters. The number of carbonyl (C=O) groups excluding carboxylic acids is 2. The normalized spacial score (nSPS) is 29.5. The summed E-state index contributed by atoms with van der Waals surface area (Å²) in [6.07, 6.45) is 4.58. The van der Waals surface area contributed by atoms with Crippen molar-refractivity contribution in [3.05, 3.63) is 35.9 Å². The lowest BCUT2D eigenvalue weighted by Gasteiger charge is -2.30. The molecular formula is C18H22NO3-. The number of aliphatic carboxylic acids is 1. The van der Waals surface area contributed by atoms with Crippen LogP contribution in [0.25, 0.3) is 0 Å². The van der Waals surface area contributed by atoms with Gasteiger partial charge in [0.2, 0.25) is 5.91 Å². The highest BCUT2D eigenvalue weighted by Gasteiger charge is 2.51. The van der Waals surface area contributed by atoms with E-state index in [0.717, 1.165) is 32.1 Å². The third kappa shape index (κ3) is 3.01. The van der Waals surface area contributed by atoms with E-state index in [1.165, 1.54) is 5.56 Å². The molecule has 0 radical (unpaired) electrons. The van der Waals surface area contributed by atoms with Crippen LogP contribution in [0.4, 0.5) is 0 Å². The fraction of sp³-hybridized carbons (Fsp3) is 0.556. The molecule has 1 amide bonds. The first-order valence-corrected chi connectivity index (χ1v) is 8.19. The van der Waals surface area contributed by atoms with E-state index in [1.54, 1.807) is 0 Å². The summed E-state index contributed by atoms with van der Waals surface area (Å²) in [5.74, 6) is -1.70. The van der Waals surface area contributed by atoms with Crippen LogP contribution >= 0.6 is 0 Å². The summed E-state index contributed by atoms with van der Waals surface area (Å²) >= 11 is 0. The Morgan fingerprint density at radius 1 is 1.09 bits per heavy atom. The van der Waals surface area contributed by atoms with Gasteiger partial charge in [0.25, 0.3) is 0 Å². The van der Waals surface area contributed by atoms with E-state index in [-0.39, 0.29) is 23.7 Å². The van der Waals surface area contributed by atoms with Crippen molar-refractivity contribution in [3.63, 3.8) is 0 Å². The molecule has 0 spiro atoms. The van der Waals surface area contributed by atoms with Crippen LogP contribution in [0.1, 0.15) is 31.2 Å². The maximum absolute atomic E-state index is 12.4. The van der Waals surface area contributed by atoms with Crippen LogP contribution in [0.2, 0.25) is 0 Å². The molecule has 2 bridgehead atoms. The summed E-state index contributed by atoms with van der Waals surface area (Å²) in [4.78, 5) is 23.7. The molecule has 0 aromatic heterocycles. The molecule has 2 aliphatic carbocycles. The molecule has 2 saturated carbocycles. The molecule has 0 saturated heterocycles. The minimum absolute atomic E-state index is 0.0885. The van der Waals surface area contributed by atoms with Crippen LogP contribution in [-0.4, -0.2) is 18.4 Å². The third-order valence-corrected chi connectivity index (χ3v) is 5.28. The van der Waals surface area contributed by atoms with Crippen molar-refractivity contribution in [2.24, 2.45) is 23.7 Å². The second-order valence-electron chi connectivity index (χ2n) is 6.58. The number of aryl methyl sites for hydroxylation is 1. The zero-order valence-electron chi connectivity index (χ0n) is 12.7. The smallest absolute Gasteiger partial charge is 0.224 e. The minimum atomic E-state index is -1.04. The molecule has 0 aliphatic heterocycles. The van der Waals surface area contributed by atoms with Gasteiger partial charge in [-0.25, -0.2) is 0 Å². The fourth-order valence-electron chi connectivity index (χ4n) is 4.27. The Morgan fingerprint density at radius 2 is 1.77 bits per heavy atom. The highest BCUT2D eigenvalue weighted by Crippen LogP contribution is 2.52. The molecule has 118 valence electrons. The highest BCUT2D eigenvalue weighted by atomic mass is 16.4. The zero-order chi connectivity index (χ0) is 15.5. The lowest BCUT2D eigenvalue weighted by atomic mass is 9.78. The number of benzene rings is 1. The lowest BCUT2D eigenvalue weighted by Crippen LogP contribution is -2.46. The molecule has 1 aromatic carbocycles. The molecule has 3 rings (SSSR count). The number of rotatable bonds is 6. The van der Waals surface area contributed by atoms with Gasteiger partial charge in [0.05, 0.1) is 0 Å². The topological polar surface area (TPSA) is 69.2 Å². The number of carboxylic acids is 1. The third-order valence-electron chi connectivity index (χ3n) is 5.28. The SMILES string of the molecule is O=C(NCCCc1ccccc1)[C@@H]1[C@H]2CC[C@@H](C2)[C@@H]1C(=O)[O-]. The van der Waals surface area contributed by atoms with E-state index in [0.29, 0.717) is 6.54 Å². The first kappa shape index (κ1) is 15.1. The second-order valence-corrected chi connectivity index (χ2v) is 6.58. The van der Waals surface area contributed by atoms with Crippen molar-refractivity contribution in [1.29, 1.82) is 0 Å². The van der Waals surface area contributed by atoms with Crippen molar-refractivity contribution >= 4 is 11.9 Å². The van der Waals surface area contributed by atoms with E-state index in [1.807, 2.05) is 18.2 Å². The summed E-state index contributed by atoms with van der Waals surface area (Å²) in [7, 11) is 0. The Hall–Kier alpha value is -1.84. The summed E-state index contributed by atoms with van der Waals surface area (Å²) in [6.45, 7) is 0.599. The maximum atomic E-state index is 12.4. The van der Waals surface area contributed by atoms with Crippen molar-refractivity contribution in [1.82, 2.24) is 5.32 Å². The summed E-state index contributed by atoms with van der Waals surface area (Å²) in [5.41, 5.74) is 1.25. The average molecular weight is 300 g/mol. The predicted octanol–water partition coefficient (Wildman–Crippen LogP) is 1.15. The van der Waals surface area contributed by atoms with Crippen LogP contribution in [0.3, 0.4) is 0 Å². The van der Waals surface area contributed by atoms with Crippen molar-refractivity contribution in [3.8, 4) is 0 Å². The number of amides is 1. The van der Waals surface area contributed by atoms with Crippen molar-refractivity contribution in [2.45, 2.75) is 32.1 Å². The van der Waals surface area contributed by atoms with E-state index < -0.39 is 11.9 Å². The molecule has 2 aliphatic rings. The van der Waals surface area contributed by atoms with Crippen LogP contribution in [0.15, 0.2) is 30.3 Å². The van der Waals surface area contributed by atoms with Gasteiger partial charge in [-0.3, -0.25) is 4.79 Å². The van der Waals surface area contributed by atoms with Gasteiger partial charge in [-0.05, 0) is 49.5 Å². The van der Waals surface area contributed by atoms with Gasteiger partial charge in [0.1, 0.15) is 0 Å². The number of carbonyl (C=O) groups is 2. The standard InChI is InChI=1S/C18H23NO3/c20-17(19-10-4-7-12-5-2-1-3-6-12)15-13-8-9-14(11-13)16(15)18(21)22/h1-3,5-6,13-16H,4,7-11H2,(H,19,20)(H,21,22)/p-1/t13-,14-,15+,16-/m0/s1. The summed E-state index contributed by atoms with van der Waals surface area (Å²) in [6, 6.07) is 10.1. The monoisotopic (exact) mass is 300 g/mol. The van der Waals surface area contributed by atoms with Crippen LogP contribution < -0.4 is 10.4 Å². The van der Waals surface area contributed by atoms with E-state index in [2.05, 4.69) is 17.4 Å². The summed E-state index contributed by atoms with van der Waals surface area (Å²) in [5, 5.41) is 14.3. The molecule has 4 nitrogen and oxygen atoms in total. The number of hydrogen-bond donors (Lipinski definition) is 1. The predicted molar refractivity (Wildman–Crippen MR) is 80.6 cm³/mol. The lowest BCUT2D eigenvalue weighted by molar-refractivity contribution is -0.314. The Bertz CT molecular complexity index is 543. The van der Waals surface area contributed by atoms with Gasteiger partial charge in [0.15, 0.2) is 0 Å². The molecule has 2 fully saturated rings. The van der Waals surface area contributed by atoms with Gasteiger partial charge in [-0.15, -0.1) is 0 Å². The van der Waals surface area contributed by atoms with Crippen molar-refractivity contribution < 1.29 is 14.7 Å². The maximum Gasteiger partial charge on any atom is 0.224 e. The first-order chi connectivity index (χ1) is 10.7. The number of fused-ring (bicyclic) bond motifs is 2. The molecule has 1 N–H and O–H groups in total. The number of nitrogens with one attached hydrogen (secondary N) is 1. The van der Waals surface area contributed by atoms with Crippen LogP contribution in [0, 0.1) is 23.7 Å². The van der Waals surface area contributed by atoms with Gasteiger partial charge < -0.3 is 15.2 Å². The van der Waals surface area contributed by atoms with E-state index in [4.69, 9.17) is 0 Å². The van der Waals surface area contributed by atoms with Crippen LogP contribution in [0.5, 0.6) is 0 Å². The molecule has 1 aromatic rings. The fourth-order valence-corrected chi connectivity index (χ4v) is 4.27. The van der Waals surface area contributed by atoms with Gasteiger partial charge in [-0.2, -0.15) is 0 Å². The van der Waals surface area contributed by atoms with Gasteiger partial charge >= 0.3 is 0 Å². The number of hydrogen-bond acceptors (Lipinski definition) is 3. The van der Waals surface area contributed by atoms with E-state index in [9.17, 15) is 14.7 Å². The minimum Gasteiger partial charge on any atom is -0.550 e. The van der Waals surface area contributed by atoms with Crippen molar-refractivity contribution in [2.75, 3.05) is 6.54 Å². The molecular weight excluding hydrogens is 278 g/mol. The van der Waals surface area contributed by atoms with Gasteiger partial charge in [-0.1, -0.05) is 30.3 Å². The second kappa shape index (κ2) is 6.51. The average Bonchev–Trinajstić information content (AvgIpc) is 3.13. The Morgan fingerprint density at radius 3 is 2.45 bits per heavy atom. The number of carboxylic acid groups (broad SMARTS) is 1. The Balaban J connectivity index is 1.48. The van der Waals surface area contributed by atoms with Crippen LogP contribution in [-0.2, 0) is 16.0 Å². The Labute approximate surface area is 130 Å². The highest BCUT2D eigenvalue weighted by molar-refractivity contribution is 5.85. The molecule has 0 unspecified atom stereocenters. The van der Waals surface area contributed by atoms with E-state index >= 15 is 0 Å². The molecule has 0 heterocycles.